The summed E-state index contributed by atoms with van der Waals surface area (Å²) in [5.74, 6) is 1.13. The Balaban J connectivity index is 1.70. The van der Waals surface area contributed by atoms with Crippen molar-refractivity contribution in [2.24, 2.45) is 0 Å². The van der Waals surface area contributed by atoms with Crippen LogP contribution in [0, 0.1) is 10.1 Å². The van der Waals surface area contributed by atoms with Gasteiger partial charge in [0.2, 0.25) is 0 Å². The quantitative estimate of drug-likeness (QED) is 0.188. The van der Waals surface area contributed by atoms with Gasteiger partial charge in [0, 0.05) is 22.9 Å². The lowest BCUT2D eigenvalue weighted by Crippen LogP contribution is -2.23. The number of fused-ring (bicyclic) bond motifs is 1. The highest BCUT2D eigenvalue weighted by Crippen LogP contribution is 2.25. The number of halogens is 1. The predicted octanol–water partition coefficient (Wildman–Crippen LogP) is 4.89. The Morgan fingerprint density at radius 3 is 2.66 bits per heavy atom. The molecule has 0 saturated carbocycles. The van der Waals surface area contributed by atoms with E-state index < -0.39 is 4.92 Å². The Bertz CT molecular complexity index is 1240. The zero-order valence-corrected chi connectivity index (χ0v) is 16.5. The number of benzene rings is 2. The molecule has 146 valence electrons. The van der Waals surface area contributed by atoms with Gasteiger partial charge in [-0.1, -0.05) is 35.5 Å². The molecule has 4 aromatic rings. The Morgan fingerprint density at radius 2 is 1.97 bits per heavy atom. The monoisotopic (exact) mass is 427 g/mol. The van der Waals surface area contributed by atoms with E-state index in [1.54, 1.807) is 53.3 Å². The van der Waals surface area contributed by atoms with Crippen molar-refractivity contribution in [2.75, 3.05) is 0 Å². The second-order valence-electron chi connectivity index (χ2n) is 6.24. The maximum absolute atomic E-state index is 13.1. The molecule has 0 aliphatic heterocycles. The van der Waals surface area contributed by atoms with Crippen molar-refractivity contribution in [1.29, 1.82) is 0 Å². The summed E-state index contributed by atoms with van der Waals surface area (Å²) < 4.78 is 6.96. The molecule has 0 radical (unpaired) electrons. The van der Waals surface area contributed by atoms with Gasteiger partial charge in [-0.2, -0.15) is 0 Å². The van der Waals surface area contributed by atoms with Crippen molar-refractivity contribution < 1.29 is 9.34 Å². The zero-order valence-electron chi connectivity index (χ0n) is 14.9. The van der Waals surface area contributed by atoms with Crippen LogP contribution in [-0.4, -0.2) is 14.5 Å². The molecule has 2 heterocycles. The summed E-state index contributed by atoms with van der Waals surface area (Å²) in [5.41, 5.74) is 1.25. The molecule has 0 atom stereocenters. The molecule has 0 fully saturated rings. The lowest BCUT2D eigenvalue weighted by Gasteiger charge is -2.12. The van der Waals surface area contributed by atoms with Crippen molar-refractivity contribution >= 4 is 40.0 Å². The molecule has 7 nitrogen and oxygen atoms in total. The molecule has 0 aliphatic carbocycles. The number of nitro benzene ring substituents is 1. The average Bonchev–Trinajstić information content (AvgIpc) is 3.22. The van der Waals surface area contributed by atoms with Gasteiger partial charge < -0.3 is 4.42 Å². The molecule has 29 heavy (non-hydrogen) atoms. The molecule has 0 saturated heterocycles. The van der Waals surface area contributed by atoms with Crippen LogP contribution in [0.15, 0.2) is 75.2 Å². The summed E-state index contributed by atoms with van der Waals surface area (Å²) in [5, 5.41) is 12.3. The predicted molar refractivity (Wildman–Crippen MR) is 111 cm³/mol. The van der Waals surface area contributed by atoms with Gasteiger partial charge in [-0.3, -0.25) is 19.5 Å². The van der Waals surface area contributed by atoms with Gasteiger partial charge in [0.15, 0.2) is 5.16 Å². The molecular formula is C20H14ClN3O4S. The highest BCUT2D eigenvalue weighted by molar-refractivity contribution is 7.98. The van der Waals surface area contributed by atoms with Gasteiger partial charge >= 0.3 is 0 Å². The van der Waals surface area contributed by atoms with Gasteiger partial charge in [-0.25, -0.2) is 4.98 Å². The fourth-order valence-electron chi connectivity index (χ4n) is 2.84. The number of hydrogen-bond acceptors (Lipinski definition) is 6. The topological polar surface area (TPSA) is 91.2 Å². The third kappa shape index (κ3) is 4.18. The van der Waals surface area contributed by atoms with E-state index in [2.05, 4.69) is 4.98 Å². The number of furan rings is 1. The summed E-state index contributed by atoms with van der Waals surface area (Å²) in [7, 11) is 0. The minimum absolute atomic E-state index is 0.0342. The van der Waals surface area contributed by atoms with E-state index in [4.69, 9.17) is 16.0 Å². The fourth-order valence-corrected chi connectivity index (χ4v) is 3.96. The SMILES string of the molecule is O=c1c2ccc(Cl)cc2nc(SCc2ccc([N+](=O)[O-])cc2)n1Cc1ccco1. The molecule has 4 rings (SSSR count). The number of aromatic nitrogens is 2. The van der Waals surface area contributed by atoms with Crippen molar-refractivity contribution in [2.45, 2.75) is 17.5 Å². The second kappa shape index (κ2) is 8.10. The van der Waals surface area contributed by atoms with Crippen LogP contribution in [-0.2, 0) is 12.3 Å². The molecular weight excluding hydrogens is 414 g/mol. The highest BCUT2D eigenvalue weighted by Gasteiger charge is 2.14. The first-order valence-corrected chi connectivity index (χ1v) is 9.96. The van der Waals surface area contributed by atoms with Crippen LogP contribution in [0.3, 0.4) is 0 Å². The molecule has 2 aromatic heterocycles. The van der Waals surface area contributed by atoms with Crippen LogP contribution < -0.4 is 5.56 Å². The van der Waals surface area contributed by atoms with Crippen molar-refractivity contribution in [1.82, 2.24) is 9.55 Å². The first kappa shape index (κ1) is 19.2. The Labute approximate surface area is 174 Å². The van der Waals surface area contributed by atoms with Crippen LogP contribution in [0.1, 0.15) is 11.3 Å². The number of hydrogen-bond donors (Lipinski definition) is 0. The van der Waals surface area contributed by atoms with Crippen LogP contribution >= 0.6 is 23.4 Å². The summed E-state index contributed by atoms with van der Waals surface area (Å²) in [6.45, 7) is 0.250. The maximum atomic E-state index is 13.1. The van der Waals surface area contributed by atoms with Crippen LogP contribution in [0.4, 0.5) is 5.69 Å². The third-order valence-corrected chi connectivity index (χ3v) is 5.57. The molecule has 0 bridgehead atoms. The third-order valence-electron chi connectivity index (χ3n) is 4.29. The Hall–Kier alpha value is -3.10. The van der Waals surface area contributed by atoms with Crippen molar-refractivity contribution in [3.63, 3.8) is 0 Å². The second-order valence-corrected chi connectivity index (χ2v) is 7.62. The fraction of sp³-hybridized carbons (Fsp3) is 0.100. The van der Waals surface area contributed by atoms with Gasteiger partial charge in [0.25, 0.3) is 11.2 Å². The summed E-state index contributed by atoms with van der Waals surface area (Å²) in [4.78, 5) is 28.1. The molecule has 0 aliphatic rings. The van der Waals surface area contributed by atoms with E-state index in [-0.39, 0.29) is 17.8 Å². The van der Waals surface area contributed by atoms with E-state index in [9.17, 15) is 14.9 Å². The number of non-ortho nitro benzene ring substituents is 1. The highest BCUT2D eigenvalue weighted by atomic mass is 35.5. The zero-order chi connectivity index (χ0) is 20.4. The van der Waals surface area contributed by atoms with Gasteiger partial charge in [-0.05, 0) is 35.9 Å². The Kier molecular flexibility index (Phi) is 5.37. The van der Waals surface area contributed by atoms with E-state index in [1.807, 2.05) is 0 Å². The molecule has 0 amide bonds. The van der Waals surface area contributed by atoms with Gasteiger partial charge in [-0.15, -0.1) is 0 Å². The van der Waals surface area contributed by atoms with E-state index in [0.717, 1.165) is 5.56 Å². The van der Waals surface area contributed by atoms with Crippen LogP contribution in [0.25, 0.3) is 10.9 Å². The minimum atomic E-state index is -0.438. The van der Waals surface area contributed by atoms with Crippen molar-refractivity contribution in [3.05, 3.63) is 97.7 Å². The minimum Gasteiger partial charge on any atom is -0.467 e. The molecule has 2 aromatic carbocycles. The van der Waals surface area contributed by atoms with Crippen LogP contribution in [0.2, 0.25) is 5.02 Å². The molecule has 9 heteroatoms. The van der Waals surface area contributed by atoms with E-state index in [1.165, 1.54) is 23.9 Å². The largest absolute Gasteiger partial charge is 0.467 e. The summed E-state index contributed by atoms with van der Waals surface area (Å²) in [6, 6.07) is 14.8. The van der Waals surface area contributed by atoms with E-state index in [0.29, 0.717) is 32.6 Å². The molecule has 0 spiro atoms. The first-order valence-electron chi connectivity index (χ1n) is 8.60. The smallest absolute Gasteiger partial charge is 0.269 e. The first-order chi connectivity index (χ1) is 14.0. The summed E-state index contributed by atoms with van der Waals surface area (Å²) >= 11 is 7.43. The van der Waals surface area contributed by atoms with Gasteiger partial charge in [0.1, 0.15) is 5.76 Å². The van der Waals surface area contributed by atoms with Gasteiger partial charge in [0.05, 0.1) is 28.6 Å². The van der Waals surface area contributed by atoms with Crippen LogP contribution in [0.5, 0.6) is 0 Å². The normalized spacial score (nSPS) is 11.1. The van der Waals surface area contributed by atoms with Crippen molar-refractivity contribution in [3.8, 4) is 0 Å². The number of nitro groups is 1. The number of thioether (sulfide) groups is 1. The lowest BCUT2D eigenvalue weighted by atomic mass is 10.2. The molecule has 0 N–H and O–H groups in total. The average molecular weight is 428 g/mol. The molecule has 0 unspecified atom stereocenters. The lowest BCUT2D eigenvalue weighted by molar-refractivity contribution is -0.384. The standard InChI is InChI=1S/C20H14ClN3O4S/c21-14-5-8-17-18(10-14)22-20(23(19(17)25)11-16-2-1-9-28-16)29-12-13-3-6-15(7-4-13)24(26)27/h1-10H,11-12H2. The maximum Gasteiger partial charge on any atom is 0.269 e. The number of rotatable bonds is 6. The van der Waals surface area contributed by atoms with E-state index >= 15 is 0 Å². The summed E-state index contributed by atoms with van der Waals surface area (Å²) in [6.07, 6.45) is 1.55. The number of nitrogens with zero attached hydrogens (tertiary/aromatic N) is 3. The Morgan fingerprint density at radius 1 is 1.17 bits per heavy atom.